The molecule has 0 saturated heterocycles. The fraction of sp³-hybridized carbons (Fsp3) is 0.357. The van der Waals surface area contributed by atoms with Crippen LogP contribution in [0.3, 0.4) is 0 Å². The van der Waals surface area contributed by atoms with Gasteiger partial charge in [-0.3, -0.25) is 9.59 Å². The fourth-order valence-corrected chi connectivity index (χ4v) is 1.70. The maximum Gasteiger partial charge on any atom is 0.416 e. The highest BCUT2D eigenvalue weighted by Gasteiger charge is 2.31. The molecule has 0 aromatic heterocycles. The van der Waals surface area contributed by atoms with E-state index in [1.165, 1.54) is 0 Å². The van der Waals surface area contributed by atoms with Crippen LogP contribution in [0.15, 0.2) is 24.3 Å². The largest absolute Gasteiger partial charge is 0.480 e. The van der Waals surface area contributed by atoms with Crippen molar-refractivity contribution in [1.82, 2.24) is 5.32 Å². The summed E-state index contributed by atoms with van der Waals surface area (Å²) in [7, 11) is 1.12. The molecule has 2 N–H and O–H groups in total. The van der Waals surface area contributed by atoms with Crippen LogP contribution in [-0.4, -0.2) is 36.1 Å². The predicted octanol–water partition coefficient (Wildman–Crippen LogP) is 1.84. The van der Waals surface area contributed by atoms with E-state index in [-0.39, 0.29) is 18.4 Å². The van der Waals surface area contributed by atoms with E-state index in [2.05, 4.69) is 10.1 Å². The Morgan fingerprint density at radius 1 is 1.30 bits per heavy atom. The third-order valence-electron chi connectivity index (χ3n) is 2.92. The first-order chi connectivity index (χ1) is 10.6. The Hall–Kier alpha value is -2.58. The minimum absolute atomic E-state index is 0.243. The van der Waals surface area contributed by atoms with Crippen LogP contribution in [0.5, 0.6) is 0 Å². The Balaban J connectivity index is 2.83. The quantitative estimate of drug-likeness (QED) is 0.775. The highest BCUT2D eigenvalue weighted by atomic mass is 19.4. The number of nitrogens with one attached hydrogen (secondary N) is 1. The molecule has 126 valence electrons. The molecule has 0 unspecified atom stereocenters. The zero-order chi connectivity index (χ0) is 17.6. The molecule has 1 rings (SSSR count). The number of aliphatic carboxylic acids is 1. The second-order valence-electron chi connectivity index (χ2n) is 4.56. The van der Waals surface area contributed by atoms with Gasteiger partial charge in [0.25, 0.3) is 5.91 Å². The number of rotatable bonds is 6. The number of hydrogen-bond acceptors (Lipinski definition) is 4. The third-order valence-corrected chi connectivity index (χ3v) is 2.92. The van der Waals surface area contributed by atoms with Crippen molar-refractivity contribution in [2.24, 2.45) is 0 Å². The van der Waals surface area contributed by atoms with E-state index in [0.29, 0.717) is 6.07 Å². The average Bonchev–Trinajstić information content (AvgIpc) is 2.49. The smallest absolute Gasteiger partial charge is 0.416 e. The van der Waals surface area contributed by atoms with Gasteiger partial charge in [0.15, 0.2) is 0 Å². The number of amides is 1. The second kappa shape index (κ2) is 7.61. The third kappa shape index (κ3) is 5.61. The Kier molecular flexibility index (Phi) is 6.11. The summed E-state index contributed by atoms with van der Waals surface area (Å²) in [4.78, 5) is 33.9. The molecule has 1 aromatic rings. The summed E-state index contributed by atoms with van der Waals surface area (Å²) < 4.78 is 42.1. The maximum absolute atomic E-state index is 12.6. The molecule has 1 amide bonds. The molecular formula is C14H14F3NO5. The van der Waals surface area contributed by atoms with Crippen molar-refractivity contribution in [2.45, 2.75) is 25.1 Å². The van der Waals surface area contributed by atoms with Gasteiger partial charge in [-0.2, -0.15) is 13.2 Å². The number of ether oxygens (including phenoxy) is 1. The van der Waals surface area contributed by atoms with E-state index in [4.69, 9.17) is 5.11 Å². The minimum Gasteiger partial charge on any atom is -0.480 e. The lowest BCUT2D eigenvalue weighted by atomic mass is 10.1. The lowest BCUT2D eigenvalue weighted by Gasteiger charge is -2.14. The molecule has 6 nitrogen and oxygen atoms in total. The highest BCUT2D eigenvalue weighted by molar-refractivity contribution is 5.96. The summed E-state index contributed by atoms with van der Waals surface area (Å²) in [6.07, 6.45) is -5.11. The molecule has 0 radical (unpaired) electrons. The molecule has 23 heavy (non-hydrogen) atoms. The summed E-state index contributed by atoms with van der Waals surface area (Å²) in [5.41, 5.74) is -1.35. The van der Waals surface area contributed by atoms with Gasteiger partial charge in [-0.25, -0.2) is 4.79 Å². The fourth-order valence-electron chi connectivity index (χ4n) is 1.70. The number of carboxylic acids is 1. The van der Waals surface area contributed by atoms with Crippen molar-refractivity contribution < 1.29 is 37.4 Å². The lowest BCUT2D eigenvalue weighted by molar-refractivity contribution is -0.142. The second-order valence-corrected chi connectivity index (χ2v) is 4.56. The molecule has 0 aliphatic carbocycles. The maximum atomic E-state index is 12.6. The molecule has 0 bridgehead atoms. The Bertz CT molecular complexity index is 600. The molecule has 0 aliphatic rings. The summed E-state index contributed by atoms with van der Waals surface area (Å²) in [5, 5.41) is 11.1. The number of carbonyl (C=O) groups excluding carboxylic acids is 2. The van der Waals surface area contributed by atoms with Gasteiger partial charge >= 0.3 is 18.1 Å². The number of carboxylic acid groups (broad SMARTS) is 1. The van der Waals surface area contributed by atoms with Gasteiger partial charge in [0, 0.05) is 12.0 Å². The molecule has 0 fully saturated rings. The van der Waals surface area contributed by atoms with Crippen molar-refractivity contribution in [2.75, 3.05) is 7.11 Å². The molecule has 1 aromatic carbocycles. The number of benzene rings is 1. The summed E-state index contributed by atoms with van der Waals surface area (Å²) in [5.74, 6) is -3.05. The highest BCUT2D eigenvalue weighted by Crippen LogP contribution is 2.29. The van der Waals surface area contributed by atoms with Crippen LogP contribution in [-0.2, 0) is 20.5 Å². The Morgan fingerprint density at radius 3 is 2.48 bits per heavy atom. The van der Waals surface area contributed by atoms with Gasteiger partial charge in [0.1, 0.15) is 6.04 Å². The lowest BCUT2D eigenvalue weighted by Crippen LogP contribution is -2.41. The van der Waals surface area contributed by atoms with Crippen molar-refractivity contribution in [3.8, 4) is 0 Å². The van der Waals surface area contributed by atoms with Crippen LogP contribution in [0, 0.1) is 0 Å². The van der Waals surface area contributed by atoms with Crippen LogP contribution in [0.1, 0.15) is 28.8 Å². The molecule has 0 spiro atoms. The van der Waals surface area contributed by atoms with Crippen molar-refractivity contribution >= 4 is 17.8 Å². The van der Waals surface area contributed by atoms with E-state index in [1.54, 1.807) is 0 Å². The van der Waals surface area contributed by atoms with E-state index >= 15 is 0 Å². The number of methoxy groups -OCH3 is 1. The van der Waals surface area contributed by atoms with E-state index in [0.717, 1.165) is 25.3 Å². The Labute approximate surface area is 129 Å². The summed E-state index contributed by atoms with van der Waals surface area (Å²) >= 11 is 0. The number of halogens is 3. The van der Waals surface area contributed by atoms with Crippen LogP contribution in [0.4, 0.5) is 13.2 Å². The zero-order valence-electron chi connectivity index (χ0n) is 12.0. The zero-order valence-corrected chi connectivity index (χ0v) is 12.0. The normalized spacial score (nSPS) is 12.3. The van der Waals surface area contributed by atoms with Gasteiger partial charge < -0.3 is 15.2 Å². The SMILES string of the molecule is COC(=O)CC[C@H](NC(=O)c1cccc(C(F)(F)F)c1)C(=O)O. The van der Waals surface area contributed by atoms with Gasteiger partial charge in [0.05, 0.1) is 12.7 Å². The van der Waals surface area contributed by atoms with Gasteiger partial charge in [0.2, 0.25) is 0 Å². The van der Waals surface area contributed by atoms with Crippen LogP contribution >= 0.6 is 0 Å². The number of carbonyl (C=O) groups is 3. The van der Waals surface area contributed by atoms with Crippen molar-refractivity contribution in [3.05, 3.63) is 35.4 Å². The van der Waals surface area contributed by atoms with E-state index in [9.17, 15) is 27.6 Å². The average molecular weight is 333 g/mol. The number of alkyl halides is 3. The van der Waals surface area contributed by atoms with Crippen molar-refractivity contribution in [3.63, 3.8) is 0 Å². The van der Waals surface area contributed by atoms with Crippen molar-refractivity contribution in [1.29, 1.82) is 0 Å². The molecule has 0 saturated carbocycles. The first kappa shape index (κ1) is 18.5. The molecule has 9 heteroatoms. The molecule has 0 heterocycles. The standard InChI is InChI=1S/C14H14F3NO5/c1-23-11(19)6-5-10(13(21)22)18-12(20)8-3-2-4-9(7-8)14(15,16)17/h2-4,7,10H,5-6H2,1H3,(H,18,20)(H,21,22)/t10-/m0/s1. The topological polar surface area (TPSA) is 92.7 Å². The van der Waals surface area contributed by atoms with Gasteiger partial charge in [-0.15, -0.1) is 0 Å². The molecular weight excluding hydrogens is 319 g/mol. The number of hydrogen-bond donors (Lipinski definition) is 2. The summed E-state index contributed by atoms with van der Waals surface area (Å²) in [6.45, 7) is 0. The monoisotopic (exact) mass is 333 g/mol. The van der Waals surface area contributed by atoms with Gasteiger partial charge in [-0.05, 0) is 24.6 Å². The van der Waals surface area contributed by atoms with E-state index < -0.39 is 35.6 Å². The van der Waals surface area contributed by atoms with Crippen LogP contribution < -0.4 is 5.32 Å². The first-order valence-corrected chi connectivity index (χ1v) is 6.43. The predicted molar refractivity (Wildman–Crippen MR) is 71.6 cm³/mol. The Morgan fingerprint density at radius 2 is 1.96 bits per heavy atom. The van der Waals surface area contributed by atoms with Gasteiger partial charge in [-0.1, -0.05) is 6.07 Å². The van der Waals surface area contributed by atoms with Crippen LogP contribution in [0.25, 0.3) is 0 Å². The van der Waals surface area contributed by atoms with E-state index in [1.807, 2.05) is 0 Å². The molecule has 1 atom stereocenters. The summed E-state index contributed by atoms with van der Waals surface area (Å²) in [6, 6.07) is 2.17. The molecule has 0 aliphatic heterocycles. The minimum atomic E-state index is -4.62. The number of esters is 1. The van der Waals surface area contributed by atoms with Crippen LogP contribution in [0.2, 0.25) is 0 Å². The first-order valence-electron chi connectivity index (χ1n) is 6.43.